The van der Waals surface area contributed by atoms with Crippen LogP contribution in [0.4, 0.5) is 10.1 Å². The third kappa shape index (κ3) is 5.13. The Morgan fingerprint density at radius 3 is 2.41 bits per heavy atom. The molecule has 3 aromatic carbocycles. The van der Waals surface area contributed by atoms with E-state index < -0.39 is 21.7 Å². The third-order valence-electron chi connectivity index (χ3n) is 4.25. The van der Waals surface area contributed by atoms with Gasteiger partial charge in [0.1, 0.15) is 5.82 Å². The molecular weight excluding hydrogens is 415 g/mol. The van der Waals surface area contributed by atoms with E-state index in [-0.39, 0.29) is 22.7 Å². The topological polar surface area (TPSA) is 75.3 Å². The summed E-state index contributed by atoms with van der Waals surface area (Å²) >= 11 is 5.85. The number of sulfonamides is 1. The summed E-state index contributed by atoms with van der Waals surface area (Å²) in [6.45, 7) is 1.97. The number of carbonyl (C=O) groups is 1. The number of rotatable bonds is 6. The Morgan fingerprint density at radius 1 is 1.03 bits per heavy atom. The molecule has 0 atom stereocenters. The number of benzene rings is 3. The predicted octanol–water partition coefficient (Wildman–Crippen LogP) is 4.52. The predicted molar refractivity (Wildman–Crippen MR) is 111 cm³/mol. The Labute approximate surface area is 173 Å². The fourth-order valence-corrected chi connectivity index (χ4v) is 3.86. The molecule has 0 unspecified atom stereocenters. The van der Waals surface area contributed by atoms with Gasteiger partial charge in [-0.1, -0.05) is 41.9 Å². The fraction of sp³-hybridized carbons (Fsp3) is 0.0952. The van der Waals surface area contributed by atoms with E-state index in [0.29, 0.717) is 10.6 Å². The summed E-state index contributed by atoms with van der Waals surface area (Å²) in [6.07, 6.45) is 0. The largest absolute Gasteiger partial charge is 0.348 e. The van der Waals surface area contributed by atoms with Crippen molar-refractivity contribution in [3.05, 3.63) is 94.3 Å². The first-order valence-electron chi connectivity index (χ1n) is 8.67. The first-order chi connectivity index (χ1) is 13.8. The zero-order chi connectivity index (χ0) is 21.0. The van der Waals surface area contributed by atoms with Crippen LogP contribution in [0.3, 0.4) is 0 Å². The van der Waals surface area contributed by atoms with Gasteiger partial charge in [0.15, 0.2) is 0 Å². The number of carbonyl (C=O) groups excluding carboxylic acids is 1. The lowest BCUT2D eigenvalue weighted by molar-refractivity contribution is 0.0950. The minimum absolute atomic E-state index is 0.136. The molecule has 0 saturated heterocycles. The molecule has 0 fully saturated rings. The Bertz CT molecular complexity index is 1150. The van der Waals surface area contributed by atoms with Crippen molar-refractivity contribution in [1.29, 1.82) is 0 Å². The lowest BCUT2D eigenvalue weighted by Gasteiger charge is -2.12. The van der Waals surface area contributed by atoms with Gasteiger partial charge in [-0.25, -0.2) is 12.8 Å². The van der Waals surface area contributed by atoms with Gasteiger partial charge in [-0.2, -0.15) is 0 Å². The smallest absolute Gasteiger partial charge is 0.262 e. The number of halogens is 2. The zero-order valence-corrected chi connectivity index (χ0v) is 17.0. The van der Waals surface area contributed by atoms with E-state index in [2.05, 4.69) is 10.0 Å². The third-order valence-corrected chi connectivity index (χ3v) is 5.86. The molecule has 0 aliphatic rings. The van der Waals surface area contributed by atoms with Crippen LogP contribution in [0.15, 0.2) is 71.6 Å². The van der Waals surface area contributed by atoms with Crippen LogP contribution in [0, 0.1) is 12.7 Å². The highest BCUT2D eigenvalue weighted by Crippen LogP contribution is 2.21. The van der Waals surface area contributed by atoms with Crippen molar-refractivity contribution < 1.29 is 17.6 Å². The fourth-order valence-electron chi connectivity index (χ4n) is 2.64. The molecule has 0 aliphatic carbocycles. The first-order valence-corrected chi connectivity index (χ1v) is 10.5. The van der Waals surface area contributed by atoms with Crippen molar-refractivity contribution in [2.24, 2.45) is 0 Å². The molecule has 29 heavy (non-hydrogen) atoms. The number of nitrogens with one attached hydrogen (secondary N) is 2. The molecule has 3 aromatic rings. The van der Waals surface area contributed by atoms with Crippen molar-refractivity contribution >= 4 is 33.2 Å². The van der Waals surface area contributed by atoms with Crippen LogP contribution in [0.5, 0.6) is 0 Å². The van der Waals surface area contributed by atoms with Crippen LogP contribution in [0.2, 0.25) is 5.02 Å². The van der Waals surface area contributed by atoms with Gasteiger partial charge in [-0.3, -0.25) is 9.52 Å². The maximum absolute atomic E-state index is 13.8. The number of para-hydroxylation sites is 1. The highest BCUT2D eigenvalue weighted by atomic mass is 35.5. The summed E-state index contributed by atoms with van der Waals surface area (Å²) in [5.41, 5.74) is 1.52. The summed E-state index contributed by atoms with van der Waals surface area (Å²) < 4.78 is 41.3. The lowest BCUT2D eigenvalue weighted by Crippen LogP contribution is -2.24. The summed E-state index contributed by atoms with van der Waals surface area (Å²) in [6, 6.07) is 16.6. The van der Waals surface area contributed by atoms with E-state index >= 15 is 0 Å². The second kappa shape index (κ2) is 8.63. The minimum atomic E-state index is -4.07. The second-order valence-electron chi connectivity index (χ2n) is 6.37. The van der Waals surface area contributed by atoms with Gasteiger partial charge < -0.3 is 5.32 Å². The lowest BCUT2D eigenvalue weighted by atomic mass is 10.1. The van der Waals surface area contributed by atoms with E-state index in [1.165, 1.54) is 36.4 Å². The van der Waals surface area contributed by atoms with Crippen molar-refractivity contribution in [2.45, 2.75) is 18.4 Å². The molecule has 8 heteroatoms. The van der Waals surface area contributed by atoms with Gasteiger partial charge >= 0.3 is 0 Å². The van der Waals surface area contributed by atoms with Gasteiger partial charge in [-0.05, 0) is 54.4 Å². The maximum atomic E-state index is 13.8. The molecule has 0 heterocycles. The van der Waals surface area contributed by atoms with Gasteiger partial charge in [0, 0.05) is 17.1 Å². The van der Waals surface area contributed by atoms with Crippen molar-refractivity contribution in [2.75, 3.05) is 4.72 Å². The van der Waals surface area contributed by atoms with Crippen LogP contribution in [-0.2, 0) is 16.6 Å². The Balaban J connectivity index is 1.80. The number of aryl methyl sites for hydroxylation is 1. The Hall–Kier alpha value is -2.90. The Kier molecular flexibility index (Phi) is 6.20. The molecule has 2 N–H and O–H groups in total. The average molecular weight is 433 g/mol. The van der Waals surface area contributed by atoms with Gasteiger partial charge in [-0.15, -0.1) is 0 Å². The molecule has 150 valence electrons. The zero-order valence-electron chi connectivity index (χ0n) is 15.4. The SMILES string of the molecule is Cc1ccc(S(=O)(=O)Nc2ccccc2F)cc1C(=O)NCc1ccc(Cl)cc1. The van der Waals surface area contributed by atoms with E-state index in [4.69, 9.17) is 11.6 Å². The minimum Gasteiger partial charge on any atom is -0.348 e. The van der Waals surface area contributed by atoms with Crippen molar-refractivity contribution in [1.82, 2.24) is 5.32 Å². The highest BCUT2D eigenvalue weighted by molar-refractivity contribution is 7.92. The van der Waals surface area contributed by atoms with Gasteiger partial charge in [0.2, 0.25) is 0 Å². The number of amides is 1. The molecule has 0 aliphatic heterocycles. The summed E-state index contributed by atoms with van der Waals surface area (Å²) in [4.78, 5) is 12.4. The molecule has 0 aromatic heterocycles. The van der Waals surface area contributed by atoms with Gasteiger partial charge in [0.05, 0.1) is 10.6 Å². The number of anilines is 1. The molecule has 0 spiro atoms. The standard InChI is InChI=1S/C21H18ClFN2O3S/c1-14-6-11-17(29(27,28)25-20-5-3-2-4-19(20)23)12-18(14)21(26)24-13-15-7-9-16(22)10-8-15/h2-12,25H,13H2,1H3,(H,24,26). The van der Waals surface area contributed by atoms with Gasteiger partial charge in [0.25, 0.3) is 15.9 Å². The maximum Gasteiger partial charge on any atom is 0.262 e. The summed E-state index contributed by atoms with van der Waals surface area (Å²) in [7, 11) is -4.07. The van der Waals surface area contributed by atoms with Crippen molar-refractivity contribution in [3.8, 4) is 0 Å². The molecule has 3 rings (SSSR count). The first kappa shape index (κ1) is 20.8. The molecule has 0 saturated carbocycles. The quantitative estimate of drug-likeness (QED) is 0.601. The van der Waals surface area contributed by atoms with Crippen LogP contribution >= 0.6 is 11.6 Å². The van der Waals surface area contributed by atoms with Crippen LogP contribution in [-0.4, -0.2) is 14.3 Å². The van der Waals surface area contributed by atoms with E-state index in [0.717, 1.165) is 11.6 Å². The summed E-state index contributed by atoms with van der Waals surface area (Å²) in [5, 5.41) is 3.35. The summed E-state index contributed by atoms with van der Waals surface area (Å²) in [5.74, 6) is -1.11. The van der Waals surface area contributed by atoms with Crippen molar-refractivity contribution in [3.63, 3.8) is 0 Å². The molecule has 0 radical (unpaired) electrons. The van der Waals surface area contributed by atoms with Crippen LogP contribution in [0.1, 0.15) is 21.5 Å². The molecule has 5 nitrogen and oxygen atoms in total. The molecule has 1 amide bonds. The second-order valence-corrected chi connectivity index (χ2v) is 8.49. The van der Waals surface area contributed by atoms with E-state index in [9.17, 15) is 17.6 Å². The number of hydrogen-bond acceptors (Lipinski definition) is 3. The monoisotopic (exact) mass is 432 g/mol. The van der Waals surface area contributed by atoms with Crippen LogP contribution < -0.4 is 10.0 Å². The highest BCUT2D eigenvalue weighted by Gasteiger charge is 2.19. The van der Waals surface area contributed by atoms with E-state index in [1.54, 1.807) is 31.2 Å². The molecule has 0 bridgehead atoms. The Morgan fingerprint density at radius 2 is 1.72 bits per heavy atom. The van der Waals surface area contributed by atoms with Crippen LogP contribution in [0.25, 0.3) is 0 Å². The number of hydrogen-bond donors (Lipinski definition) is 2. The normalized spacial score (nSPS) is 11.1. The average Bonchev–Trinajstić information content (AvgIpc) is 2.69. The molecular formula is C21H18ClFN2O3S. The van der Waals surface area contributed by atoms with E-state index in [1.807, 2.05) is 0 Å².